The molecular formula is C14H11ClF3N3O. The van der Waals surface area contributed by atoms with Gasteiger partial charge in [0.05, 0.1) is 22.6 Å². The second kappa shape index (κ2) is 6.15. The number of carbonyl (C=O) groups excluding carboxylic acids is 1. The number of carbonyl (C=O) groups is 1. The van der Waals surface area contributed by atoms with Gasteiger partial charge in [-0.3, -0.25) is 0 Å². The van der Waals surface area contributed by atoms with Gasteiger partial charge in [0, 0.05) is 5.02 Å². The Kier molecular flexibility index (Phi) is 4.46. The highest BCUT2D eigenvalue weighted by atomic mass is 35.5. The van der Waals surface area contributed by atoms with Crippen molar-refractivity contribution in [3.05, 3.63) is 53.1 Å². The molecule has 22 heavy (non-hydrogen) atoms. The monoisotopic (exact) mass is 329 g/mol. The molecule has 0 fully saturated rings. The summed E-state index contributed by atoms with van der Waals surface area (Å²) in [6.45, 7) is 0. The second-order valence-corrected chi connectivity index (χ2v) is 4.79. The summed E-state index contributed by atoms with van der Waals surface area (Å²) in [5.41, 5.74) is 4.80. The second-order valence-electron chi connectivity index (χ2n) is 4.35. The molecule has 0 atom stereocenters. The van der Waals surface area contributed by atoms with Crippen LogP contribution in [0.2, 0.25) is 5.02 Å². The van der Waals surface area contributed by atoms with E-state index >= 15 is 0 Å². The van der Waals surface area contributed by atoms with Crippen LogP contribution < -0.4 is 16.4 Å². The molecule has 0 saturated heterocycles. The fourth-order valence-corrected chi connectivity index (χ4v) is 1.92. The summed E-state index contributed by atoms with van der Waals surface area (Å²) in [4.78, 5) is 11.8. The minimum atomic E-state index is -4.57. The predicted molar refractivity (Wildman–Crippen MR) is 79.9 cm³/mol. The number of amides is 2. The van der Waals surface area contributed by atoms with E-state index in [0.717, 1.165) is 12.1 Å². The molecule has 0 aromatic heterocycles. The summed E-state index contributed by atoms with van der Waals surface area (Å²) in [5.74, 6) is 0. The van der Waals surface area contributed by atoms with Crippen LogP contribution in [-0.2, 0) is 6.18 Å². The van der Waals surface area contributed by atoms with Crippen molar-refractivity contribution in [1.82, 2.24) is 0 Å². The number of nitrogen functional groups attached to an aromatic ring is 1. The van der Waals surface area contributed by atoms with Gasteiger partial charge in [0.15, 0.2) is 0 Å². The van der Waals surface area contributed by atoms with Gasteiger partial charge in [0.2, 0.25) is 0 Å². The average Bonchev–Trinajstić information content (AvgIpc) is 2.42. The Balaban J connectivity index is 2.18. The Labute approximate surface area is 129 Å². The van der Waals surface area contributed by atoms with E-state index < -0.39 is 17.8 Å². The number of urea groups is 1. The molecule has 0 bridgehead atoms. The van der Waals surface area contributed by atoms with Crippen molar-refractivity contribution in [3.63, 3.8) is 0 Å². The predicted octanol–water partition coefficient (Wildman–Crippen LogP) is 4.59. The molecule has 0 aliphatic carbocycles. The summed E-state index contributed by atoms with van der Waals surface area (Å²) in [5, 5.41) is 4.83. The highest BCUT2D eigenvalue weighted by Crippen LogP contribution is 2.34. The Hall–Kier alpha value is -2.41. The van der Waals surface area contributed by atoms with E-state index in [9.17, 15) is 18.0 Å². The fourth-order valence-electron chi connectivity index (χ4n) is 1.75. The van der Waals surface area contributed by atoms with E-state index in [4.69, 9.17) is 17.3 Å². The van der Waals surface area contributed by atoms with E-state index in [1.807, 2.05) is 0 Å². The number of nitrogens with two attached hydrogens (primary N) is 1. The topological polar surface area (TPSA) is 67.1 Å². The lowest BCUT2D eigenvalue weighted by Gasteiger charge is -2.14. The van der Waals surface area contributed by atoms with Gasteiger partial charge in [-0.2, -0.15) is 13.2 Å². The standard InChI is InChI=1S/C14H11ClF3N3O/c15-8-5-6-10(19)12(7-8)21-13(22)20-11-4-2-1-3-9(11)14(16,17)18/h1-7H,19H2,(H2,20,21,22). The lowest BCUT2D eigenvalue weighted by Crippen LogP contribution is -2.22. The van der Waals surface area contributed by atoms with Gasteiger partial charge in [-0.1, -0.05) is 23.7 Å². The average molecular weight is 330 g/mol. The maximum atomic E-state index is 12.8. The van der Waals surface area contributed by atoms with Gasteiger partial charge < -0.3 is 16.4 Å². The molecule has 0 unspecified atom stereocenters. The third kappa shape index (κ3) is 3.82. The molecule has 4 N–H and O–H groups in total. The number of nitrogens with one attached hydrogen (secondary N) is 2. The number of halogens is 4. The molecular weight excluding hydrogens is 319 g/mol. The first-order chi connectivity index (χ1) is 10.3. The minimum Gasteiger partial charge on any atom is -0.397 e. The van der Waals surface area contributed by atoms with E-state index in [2.05, 4.69) is 10.6 Å². The lowest BCUT2D eigenvalue weighted by molar-refractivity contribution is -0.136. The van der Waals surface area contributed by atoms with Crippen molar-refractivity contribution in [2.75, 3.05) is 16.4 Å². The van der Waals surface area contributed by atoms with Crippen molar-refractivity contribution in [2.45, 2.75) is 6.18 Å². The van der Waals surface area contributed by atoms with Gasteiger partial charge >= 0.3 is 12.2 Å². The molecule has 0 saturated carbocycles. The molecule has 0 spiro atoms. The number of hydrogen-bond donors (Lipinski definition) is 3. The third-order valence-electron chi connectivity index (χ3n) is 2.74. The molecule has 2 rings (SSSR count). The van der Waals surface area contributed by atoms with Gasteiger partial charge in [-0.15, -0.1) is 0 Å². The number of rotatable bonds is 2. The molecule has 2 aromatic rings. The summed E-state index contributed by atoms with van der Waals surface area (Å²) < 4.78 is 38.5. The molecule has 0 aliphatic heterocycles. The maximum absolute atomic E-state index is 12.8. The van der Waals surface area contributed by atoms with E-state index in [-0.39, 0.29) is 17.1 Å². The van der Waals surface area contributed by atoms with Crippen LogP contribution in [0.1, 0.15) is 5.56 Å². The summed E-state index contributed by atoms with van der Waals surface area (Å²) >= 11 is 5.77. The number of benzene rings is 2. The van der Waals surface area contributed by atoms with Crippen LogP contribution in [0.3, 0.4) is 0 Å². The number of para-hydroxylation sites is 1. The van der Waals surface area contributed by atoms with Crippen LogP contribution in [0.4, 0.5) is 35.0 Å². The zero-order chi connectivity index (χ0) is 16.3. The van der Waals surface area contributed by atoms with Crippen LogP contribution in [0, 0.1) is 0 Å². The molecule has 0 heterocycles. The van der Waals surface area contributed by atoms with E-state index in [1.165, 1.54) is 30.3 Å². The van der Waals surface area contributed by atoms with Crippen LogP contribution in [0.25, 0.3) is 0 Å². The number of hydrogen-bond acceptors (Lipinski definition) is 2. The van der Waals surface area contributed by atoms with Gasteiger partial charge in [0.25, 0.3) is 0 Å². The third-order valence-corrected chi connectivity index (χ3v) is 2.98. The maximum Gasteiger partial charge on any atom is 0.418 e. The highest BCUT2D eigenvalue weighted by molar-refractivity contribution is 6.31. The summed E-state index contributed by atoms with van der Waals surface area (Å²) in [6.07, 6.45) is -4.57. The van der Waals surface area contributed by atoms with Crippen molar-refractivity contribution in [3.8, 4) is 0 Å². The Morgan fingerprint density at radius 1 is 1.05 bits per heavy atom. The number of alkyl halides is 3. The molecule has 2 amide bonds. The first kappa shape index (κ1) is 16.0. The van der Waals surface area contributed by atoms with Crippen molar-refractivity contribution in [1.29, 1.82) is 0 Å². The Morgan fingerprint density at radius 3 is 2.36 bits per heavy atom. The SMILES string of the molecule is Nc1ccc(Cl)cc1NC(=O)Nc1ccccc1C(F)(F)F. The fraction of sp³-hybridized carbons (Fsp3) is 0.0714. The van der Waals surface area contributed by atoms with Crippen molar-refractivity contribution >= 4 is 34.7 Å². The van der Waals surface area contributed by atoms with Crippen LogP contribution in [-0.4, -0.2) is 6.03 Å². The minimum absolute atomic E-state index is 0.203. The van der Waals surface area contributed by atoms with Gasteiger partial charge in [0.1, 0.15) is 0 Å². The molecule has 4 nitrogen and oxygen atoms in total. The van der Waals surface area contributed by atoms with E-state index in [1.54, 1.807) is 0 Å². The molecule has 8 heteroatoms. The molecule has 2 aromatic carbocycles. The highest BCUT2D eigenvalue weighted by Gasteiger charge is 2.33. The van der Waals surface area contributed by atoms with E-state index in [0.29, 0.717) is 5.02 Å². The summed E-state index contributed by atoms with van der Waals surface area (Å²) in [7, 11) is 0. The molecule has 116 valence electrons. The lowest BCUT2D eigenvalue weighted by atomic mass is 10.1. The van der Waals surface area contributed by atoms with Crippen molar-refractivity contribution in [2.24, 2.45) is 0 Å². The van der Waals surface area contributed by atoms with Gasteiger partial charge in [-0.25, -0.2) is 4.79 Å². The summed E-state index contributed by atoms with van der Waals surface area (Å²) in [6, 6.07) is 8.20. The van der Waals surface area contributed by atoms with Gasteiger partial charge in [-0.05, 0) is 30.3 Å². The Bertz CT molecular complexity index is 704. The molecule has 0 aliphatic rings. The smallest absolute Gasteiger partial charge is 0.397 e. The largest absolute Gasteiger partial charge is 0.418 e. The van der Waals surface area contributed by atoms with Crippen molar-refractivity contribution < 1.29 is 18.0 Å². The zero-order valence-corrected chi connectivity index (χ0v) is 11.8. The zero-order valence-electron chi connectivity index (χ0n) is 11.0. The Morgan fingerprint density at radius 2 is 1.68 bits per heavy atom. The molecule has 0 radical (unpaired) electrons. The number of anilines is 3. The normalized spacial score (nSPS) is 11.1. The van der Waals surface area contributed by atoms with Crippen LogP contribution >= 0.6 is 11.6 Å². The quantitative estimate of drug-likeness (QED) is 0.706. The van der Waals surface area contributed by atoms with Crippen LogP contribution in [0.5, 0.6) is 0 Å². The first-order valence-electron chi connectivity index (χ1n) is 6.06. The van der Waals surface area contributed by atoms with Crippen LogP contribution in [0.15, 0.2) is 42.5 Å². The first-order valence-corrected chi connectivity index (χ1v) is 6.44.